The molecule has 0 bridgehead atoms. The summed E-state index contributed by atoms with van der Waals surface area (Å²) in [5.41, 5.74) is 2.56. The Morgan fingerprint density at radius 3 is 2.54 bits per heavy atom. The monoisotopic (exact) mass is 181 g/mol. The second kappa shape index (κ2) is 4.59. The number of esters is 1. The Morgan fingerprint density at radius 1 is 1.46 bits per heavy atom. The van der Waals surface area contributed by atoms with Crippen molar-refractivity contribution in [1.82, 2.24) is 5.48 Å². The maximum atomic E-state index is 11.1. The van der Waals surface area contributed by atoms with Crippen LogP contribution in [0.15, 0.2) is 30.3 Å². The van der Waals surface area contributed by atoms with E-state index in [4.69, 9.17) is 5.21 Å². The second-order valence-electron chi connectivity index (χ2n) is 2.50. The van der Waals surface area contributed by atoms with Gasteiger partial charge in [0.05, 0.1) is 7.11 Å². The largest absolute Gasteiger partial charge is 0.468 e. The van der Waals surface area contributed by atoms with E-state index in [9.17, 15) is 4.79 Å². The van der Waals surface area contributed by atoms with Crippen molar-refractivity contribution in [2.75, 3.05) is 7.11 Å². The van der Waals surface area contributed by atoms with Gasteiger partial charge in [0, 0.05) is 0 Å². The molecular weight excluding hydrogens is 170 g/mol. The number of benzene rings is 1. The fourth-order valence-electron chi connectivity index (χ4n) is 1.03. The fourth-order valence-corrected chi connectivity index (χ4v) is 1.03. The van der Waals surface area contributed by atoms with Crippen molar-refractivity contribution >= 4 is 5.97 Å². The molecule has 1 atom stereocenters. The maximum absolute atomic E-state index is 11.1. The van der Waals surface area contributed by atoms with Gasteiger partial charge in [-0.1, -0.05) is 30.3 Å². The summed E-state index contributed by atoms with van der Waals surface area (Å²) in [4.78, 5) is 11.1. The number of nitrogens with one attached hydrogen (secondary N) is 1. The van der Waals surface area contributed by atoms with E-state index >= 15 is 0 Å². The smallest absolute Gasteiger partial charge is 0.329 e. The van der Waals surface area contributed by atoms with E-state index in [1.165, 1.54) is 7.11 Å². The van der Waals surface area contributed by atoms with Crippen LogP contribution in [0.3, 0.4) is 0 Å². The first-order chi connectivity index (χ1) is 6.29. The molecule has 0 amide bonds. The highest BCUT2D eigenvalue weighted by atomic mass is 16.5. The zero-order chi connectivity index (χ0) is 9.68. The van der Waals surface area contributed by atoms with Crippen molar-refractivity contribution in [3.8, 4) is 0 Å². The average molecular weight is 181 g/mol. The molecule has 1 aromatic carbocycles. The van der Waals surface area contributed by atoms with Crippen LogP contribution in [0.4, 0.5) is 0 Å². The molecule has 13 heavy (non-hydrogen) atoms. The highest BCUT2D eigenvalue weighted by Gasteiger charge is 2.19. The average Bonchev–Trinajstić information content (AvgIpc) is 2.20. The van der Waals surface area contributed by atoms with Crippen LogP contribution in [0.5, 0.6) is 0 Å². The van der Waals surface area contributed by atoms with Crippen molar-refractivity contribution < 1.29 is 14.7 Å². The van der Waals surface area contributed by atoms with Crippen LogP contribution in [0.1, 0.15) is 11.6 Å². The topological polar surface area (TPSA) is 58.6 Å². The lowest BCUT2D eigenvalue weighted by atomic mass is 10.1. The summed E-state index contributed by atoms with van der Waals surface area (Å²) in [7, 11) is 1.27. The molecule has 0 fully saturated rings. The van der Waals surface area contributed by atoms with Crippen LogP contribution in [0, 0.1) is 0 Å². The zero-order valence-electron chi connectivity index (χ0n) is 7.23. The number of ether oxygens (including phenoxy) is 1. The molecule has 0 heterocycles. The molecule has 0 aliphatic carbocycles. The summed E-state index contributed by atoms with van der Waals surface area (Å²) in [6.07, 6.45) is 0. The van der Waals surface area contributed by atoms with Crippen molar-refractivity contribution in [3.05, 3.63) is 35.9 Å². The summed E-state index contributed by atoms with van der Waals surface area (Å²) < 4.78 is 4.50. The summed E-state index contributed by atoms with van der Waals surface area (Å²) >= 11 is 0. The van der Waals surface area contributed by atoms with Gasteiger partial charge in [-0.2, -0.15) is 5.48 Å². The fraction of sp³-hybridized carbons (Fsp3) is 0.222. The Kier molecular flexibility index (Phi) is 3.42. The third kappa shape index (κ3) is 2.27. The molecule has 0 radical (unpaired) electrons. The van der Waals surface area contributed by atoms with E-state index in [0.29, 0.717) is 5.56 Å². The van der Waals surface area contributed by atoms with Gasteiger partial charge < -0.3 is 9.94 Å². The van der Waals surface area contributed by atoms with Gasteiger partial charge in [-0.25, -0.2) is 4.79 Å². The summed E-state index contributed by atoms with van der Waals surface area (Å²) in [6, 6.07) is 8.03. The third-order valence-electron chi connectivity index (χ3n) is 1.70. The van der Waals surface area contributed by atoms with E-state index < -0.39 is 12.0 Å². The minimum atomic E-state index is -0.814. The molecular formula is C9H11NO3. The molecule has 70 valence electrons. The van der Waals surface area contributed by atoms with Crippen molar-refractivity contribution in [3.63, 3.8) is 0 Å². The van der Waals surface area contributed by atoms with Crippen LogP contribution in [0.25, 0.3) is 0 Å². The van der Waals surface area contributed by atoms with E-state index in [1.54, 1.807) is 24.3 Å². The molecule has 0 saturated carbocycles. The molecule has 0 aliphatic heterocycles. The van der Waals surface area contributed by atoms with Gasteiger partial charge >= 0.3 is 5.97 Å². The lowest BCUT2D eigenvalue weighted by molar-refractivity contribution is -0.146. The molecule has 2 N–H and O–H groups in total. The van der Waals surface area contributed by atoms with E-state index in [-0.39, 0.29) is 0 Å². The van der Waals surface area contributed by atoms with Gasteiger partial charge in [0.1, 0.15) is 0 Å². The van der Waals surface area contributed by atoms with Crippen LogP contribution < -0.4 is 5.48 Å². The number of hydroxylamine groups is 1. The first-order valence-electron chi connectivity index (χ1n) is 3.82. The molecule has 0 saturated heterocycles. The molecule has 1 rings (SSSR count). The molecule has 0 spiro atoms. The Balaban J connectivity index is 2.85. The number of carbonyl (C=O) groups excluding carboxylic acids is 1. The molecule has 1 unspecified atom stereocenters. The Bertz CT molecular complexity index is 273. The number of carbonyl (C=O) groups is 1. The van der Waals surface area contributed by atoms with Crippen molar-refractivity contribution in [1.29, 1.82) is 0 Å². The van der Waals surface area contributed by atoms with Crippen LogP contribution in [0.2, 0.25) is 0 Å². The van der Waals surface area contributed by atoms with Gasteiger partial charge in [0.2, 0.25) is 0 Å². The molecule has 0 aromatic heterocycles. The first-order valence-corrected chi connectivity index (χ1v) is 3.82. The molecule has 4 heteroatoms. The predicted octanol–water partition coefficient (Wildman–Crippen LogP) is 0.879. The standard InChI is InChI=1S/C9H11NO3/c1-13-9(11)8(10-12)7-5-3-2-4-6-7/h2-6,8,10,12H,1H3. The van der Waals surface area contributed by atoms with Gasteiger partial charge in [-0.05, 0) is 5.56 Å². The maximum Gasteiger partial charge on any atom is 0.329 e. The first kappa shape index (κ1) is 9.70. The summed E-state index contributed by atoms with van der Waals surface area (Å²) in [5.74, 6) is -0.520. The highest BCUT2D eigenvalue weighted by Crippen LogP contribution is 2.12. The van der Waals surface area contributed by atoms with Gasteiger partial charge in [-0.15, -0.1) is 0 Å². The summed E-state index contributed by atoms with van der Waals surface area (Å²) in [5, 5.41) is 8.73. The van der Waals surface area contributed by atoms with Crippen molar-refractivity contribution in [2.45, 2.75) is 6.04 Å². The Hall–Kier alpha value is -1.39. The van der Waals surface area contributed by atoms with E-state index in [2.05, 4.69) is 4.74 Å². The number of hydrogen-bond acceptors (Lipinski definition) is 4. The summed E-state index contributed by atoms with van der Waals surface area (Å²) in [6.45, 7) is 0. The van der Waals surface area contributed by atoms with Crippen LogP contribution >= 0.6 is 0 Å². The normalized spacial score (nSPS) is 12.2. The van der Waals surface area contributed by atoms with Crippen molar-refractivity contribution in [2.24, 2.45) is 0 Å². The van der Waals surface area contributed by atoms with E-state index in [1.807, 2.05) is 11.5 Å². The number of methoxy groups -OCH3 is 1. The predicted molar refractivity (Wildman–Crippen MR) is 46.1 cm³/mol. The molecule has 4 nitrogen and oxygen atoms in total. The highest BCUT2D eigenvalue weighted by molar-refractivity contribution is 5.77. The van der Waals surface area contributed by atoms with Gasteiger partial charge in [0.25, 0.3) is 0 Å². The Morgan fingerprint density at radius 2 is 2.08 bits per heavy atom. The zero-order valence-corrected chi connectivity index (χ0v) is 7.23. The SMILES string of the molecule is COC(=O)C(NO)c1ccccc1. The van der Waals surface area contributed by atoms with E-state index in [0.717, 1.165) is 0 Å². The Labute approximate surface area is 76.1 Å². The van der Waals surface area contributed by atoms with Crippen LogP contribution in [-0.4, -0.2) is 18.3 Å². The lowest BCUT2D eigenvalue weighted by Crippen LogP contribution is -2.26. The van der Waals surface area contributed by atoms with Gasteiger partial charge in [0.15, 0.2) is 6.04 Å². The molecule has 1 aromatic rings. The van der Waals surface area contributed by atoms with Crippen LogP contribution in [-0.2, 0) is 9.53 Å². The lowest BCUT2D eigenvalue weighted by Gasteiger charge is -2.11. The number of rotatable bonds is 3. The number of hydrogen-bond donors (Lipinski definition) is 2. The molecule has 0 aliphatic rings. The third-order valence-corrected chi connectivity index (χ3v) is 1.70. The second-order valence-corrected chi connectivity index (χ2v) is 2.50. The quantitative estimate of drug-likeness (QED) is 0.536. The van der Waals surface area contributed by atoms with Gasteiger partial charge in [-0.3, -0.25) is 0 Å². The minimum absolute atomic E-state index is 0.520. The minimum Gasteiger partial charge on any atom is -0.468 e.